The van der Waals surface area contributed by atoms with Crippen LogP contribution in [0.1, 0.15) is 5.56 Å². The number of benzene rings is 3. The Kier molecular flexibility index (Phi) is 3.78. The van der Waals surface area contributed by atoms with Gasteiger partial charge in [0.15, 0.2) is 11.5 Å². The predicted octanol–water partition coefficient (Wildman–Crippen LogP) is 6.20. The highest BCUT2D eigenvalue weighted by atomic mass is 16.5. The molecule has 0 saturated heterocycles. The quantitative estimate of drug-likeness (QED) is 0.376. The van der Waals surface area contributed by atoms with Crippen molar-refractivity contribution in [3.8, 4) is 28.8 Å². The number of hydrogen-bond acceptors (Lipinski definition) is 4. The number of pyridine rings is 1. The van der Waals surface area contributed by atoms with E-state index >= 15 is 0 Å². The van der Waals surface area contributed by atoms with Crippen LogP contribution in [0.15, 0.2) is 91.1 Å². The number of ether oxygens (including phenoxy) is 1. The second-order valence-corrected chi connectivity index (χ2v) is 6.46. The summed E-state index contributed by atoms with van der Waals surface area (Å²) in [4.78, 5) is 6.58. The van der Waals surface area contributed by atoms with Gasteiger partial charge in [-0.2, -0.15) is 5.26 Å². The summed E-state index contributed by atoms with van der Waals surface area (Å²) in [6.45, 7) is 0. The van der Waals surface area contributed by atoms with Gasteiger partial charge in [0.2, 0.25) is 0 Å². The van der Waals surface area contributed by atoms with E-state index in [0.717, 1.165) is 39.8 Å². The fourth-order valence-electron chi connectivity index (χ4n) is 3.42. The number of hydrogen-bond donors (Lipinski definition) is 0. The molecule has 0 spiro atoms. The zero-order valence-corrected chi connectivity index (χ0v) is 14.9. The van der Waals surface area contributed by atoms with E-state index in [1.54, 1.807) is 18.3 Å². The molecule has 0 unspecified atom stereocenters. The van der Waals surface area contributed by atoms with E-state index in [9.17, 15) is 0 Å². The predicted molar refractivity (Wildman–Crippen MR) is 109 cm³/mol. The zero-order chi connectivity index (χ0) is 18.9. The van der Waals surface area contributed by atoms with Crippen molar-refractivity contribution in [2.24, 2.45) is 0 Å². The summed E-state index contributed by atoms with van der Waals surface area (Å²) in [6.07, 6.45) is 1.66. The number of nitrogens with zero attached hydrogens (tertiary/aromatic N) is 3. The average Bonchev–Trinajstić information content (AvgIpc) is 2.77. The van der Waals surface area contributed by atoms with Gasteiger partial charge in [-0.05, 0) is 48.5 Å². The minimum Gasteiger partial charge on any atom is -0.453 e. The molecule has 0 aliphatic carbocycles. The molecule has 2 heterocycles. The van der Waals surface area contributed by atoms with Crippen LogP contribution in [0.3, 0.4) is 0 Å². The normalized spacial score (nSPS) is 11.8. The second-order valence-electron chi connectivity index (χ2n) is 6.46. The van der Waals surface area contributed by atoms with Crippen LogP contribution >= 0.6 is 0 Å². The van der Waals surface area contributed by atoms with E-state index < -0.39 is 0 Å². The first-order valence-corrected chi connectivity index (χ1v) is 8.96. The van der Waals surface area contributed by atoms with Gasteiger partial charge in [-0.1, -0.05) is 36.4 Å². The van der Waals surface area contributed by atoms with Gasteiger partial charge in [0.05, 0.1) is 28.7 Å². The van der Waals surface area contributed by atoms with Crippen LogP contribution in [-0.2, 0) is 0 Å². The van der Waals surface area contributed by atoms with Crippen LogP contribution in [0.2, 0.25) is 0 Å². The minimum atomic E-state index is 0.602. The Balaban J connectivity index is 1.59. The Hall–Kier alpha value is -4.10. The SMILES string of the molecule is N#Cc1ccnc(-c2ccc(N3c4ccccc4Oc4ccccc43)cc2)c1. The lowest BCUT2D eigenvalue weighted by atomic mass is 10.1. The van der Waals surface area contributed by atoms with Gasteiger partial charge in [0.25, 0.3) is 0 Å². The highest BCUT2D eigenvalue weighted by Gasteiger charge is 2.24. The molecule has 28 heavy (non-hydrogen) atoms. The fourth-order valence-corrected chi connectivity index (χ4v) is 3.42. The third kappa shape index (κ3) is 2.67. The van der Waals surface area contributed by atoms with Crippen LogP contribution in [0.4, 0.5) is 17.1 Å². The summed E-state index contributed by atoms with van der Waals surface area (Å²) in [5.74, 6) is 1.65. The first-order chi connectivity index (χ1) is 13.8. The Morgan fingerprint density at radius 1 is 0.786 bits per heavy atom. The smallest absolute Gasteiger partial charge is 0.151 e. The monoisotopic (exact) mass is 361 g/mol. The second kappa shape index (κ2) is 6.57. The average molecular weight is 361 g/mol. The van der Waals surface area contributed by atoms with Crippen LogP contribution in [0.25, 0.3) is 11.3 Å². The maximum absolute atomic E-state index is 9.11. The Labute approximate surface area is 162 Å². The first kappa shape index (κ1) is 16.1. The van der Waals surface area contributed by atoms with Gasteiger partial charge in [0, 0.05) is 17.4 Å². The molecule has 4 aromatic rings. The lowest BCUT2D eigenvalue weighted by molar-refractivity contribution is 0.477. The van der Waals surface area contributed by atoms with Crippen LogP contribution in [0, 0.1) is 11.3 Å². The molecule has 132 valence electrons. The van der Waals surface area contributed by atoms with Crippen molar-refractivity contribution >= 4 is 17.1 Å². The molecule has 0 atom stereocenters. The minimum absolute atomic E-state index is 0.602. The van der Waals surface area contributed by atoms with Gasteiger partial charge >= 0.3 is 0 Å². The van der Waals surface area contributed by atoms with E-state index in [1.807, 2.05) is 48.5 Å². The molecular weight excluding hydrogens is 346 g/mol. The Morgan fingerprint density at radius 2 is 1.43 bits per heavy atom. The summed E-state index contributed by atoms with van der Waals surface area (Å²) < 4.78 is 6.07. The van der Waals surface area contributed by atoms with Crippen molar-refractivity contribution in [3.05, 3.63) is 96.7 Å². The van der Waals surface area contributed by atoms with E-state index in [-0.39, 0.29) is 0 Å². The molecule has 3 aromatic carbocycles. The molecule has 4 heteroatoms. The number of nitriles is 1. The van der Waals surface area contributed by atoms with Gasteiger partial charge < -0.3 is 9.64 Å². The van der Waals surface area contributed by atoms with Gasteiger partial charge in [-0.25, -0.2) is 0 Å². The summed E-state index contributed by atoms with van der Waals surface area (Å²) in [6, 6.07) is 29.9. The lowest BCUT2D eigenvalue weighted by Crippen LogP contribution is -2.15. The first-order valence-electron chi connectivity index (χ1n) is 8.96. The third-order valence-corrected chi connectivity index (χ3v) is 4.74. The maximum Gasteiger partial charge on any atom is 0.151 e. The highest BCUT2D eigenvalue weighted by Crippen LogP contribution is 2.50. The van der Waals surface area contributed by atoms with E-state index in [1.165, 1.54) is 0 Å². The molecule has 4 nitrogen and oxygen atoms in total. The topological polar surface area (TPSA) is 49.2 Å². The van der Waals surface area contributed by atoms with Crippen molar-refractivity contribution in [2.75, 3.05) is 4.90 Å². The third-order valence-electron chi connectivity index (χ3n) is 4.74. The standard InChI is InChI=1S/C24H15N3O/c25-16-17-13-14-26-20(15-17)18-9-11-19(12-10-18)27-21-5-1-3-7-23(21)28-24-8-4-2-6-22(24)27/h1-15H. The summed E-state index contributed by atoms with van der Waals surface area (Å²) in [5, 5.41) is 9.11. The molecule has 0 saturated carbocycles. The lowest BCUT2D eigenvalue weighted by Gasteiger charge is -2.32. The van der Waals surface area contributed by atoms with Crippen molar-refractivity contribution in [1.82, 2.24) is 4.98 Å². The summed E-state index contributed by atoms with van der Waals surface area (Å²) in [7, 11) is 0. The number of rotatable bonds is 2. The molecule has 0 radical (unpaired) electrons. The number of fused-ring (bicyclic) bond motifs is 2. The molecule has 1 aliphatic heterocycles. The van der Waals surface area contributed by atoms with E-state index in [0.29, 0.717) is 5.56 Å². The molecule has 0 bridgehead atoms. The van der Waals surface area contributed by atoms with Crippen LogP contribution in [0.5, 0.6) is 11.5 Å². The van der Waals surface area contributed by atoms with Gasteiger partial charge in [0.1, 0.15) is 0 Å². The summed E-state index contributed by atoms with van der Waals surface area (Å²) in [5.41, 5.74) is 5.38. The fraction of sp³-hybridized carbons (Fsp3) is 0. The summed E-state index contributed by atoms with van der Waals surface area (Å²) >= 11 is 0. The highest BCUT2D eigenvalue weighted by molar-refractivity contribution is 5.86. The van der Waals surface area contributed by atoms with Crippen molar-refractivity contribution < 1.29 is 4.74 Å². The molecule has 5 rings (SSSR count). The number of para-hydroxylation sites is 4. The van der Waals surface area contributed by atoms with Crippen LogP contribution < -0.4 is 9.64 Å². The van der Waals surface area contributed by atoms with Gasteiger partial charge in [-0.15, -0.1) is 0 Å². The van der Waals surface area contributed by atoms with Crippen molar-refractivity contribution in [2.45, 2.75) is 0 Å². The molecular formula is C24H15N3O. The molecule has 1 aliphatic rings. The van der Waals surface area contributed by atoms with E-state index in [2.05, 4.69) is 40.2 Å². The van der Waals surface area contributed by atoms with Gasteiger partial charge in [-0.3, -0.25) is 4.98 Å². The van der Waals surface area contributed by atoms with E-state index in [4.69, 9.17) is 10.00 Å². The Bertz CT molecular complexity index is 1160. The van der Waals surface area contributed by atoms with Crippen molar-refractivity contribution in [3.63, 3.8) is 0 Å². The molecule has 0 N–H and O–H groups in total. The number of anilines is 3. The number of aromatic nitrogens is 1. The Morgan fingerprint density at radius 3 is 2.07 bits per heavy atom. The molecule has 0 amide bonds. The zero-order valence-electron chi connectivity index (χ0n) is 14.9. The largest absolute Gasteiger partial charge is 0.453 e. The van der Waals surface area contributed by atoms with Crippen LogP contribution in [-0.4, -0.2) is 4.98 Å². The maximum atomic E-state index is 9.11. The molecule has 1 aromatic heterocycles. The molecule has 0 fully saturated rings. The van der Waals surface area contributed by atoms with Crippen molar-refractivity contribution in [1.29, 1.82) is 5.26 Å².